The Hall–Kier alpha value is -6.16. The minimum Gasteiger partial charge on any atom is -0.455 e. The second-order valence-electron chi connectivity index (χ2n) is 12.8. The summed E-state index contributed by atoms with van der Waals surface area (Å²) in [6, 6.07) is 56.5. The maximum absolute atomic E-state index is 6.87. The lowest BCUT2D eigenvalue weighted by Gasteiger charge is -2.18. The highest BCUT2D eigenvalue weighted by atomic mass is 32.1. The molecule has 0 aliphatic carbocycles. The fourth-order valence-corrected chi connectivity index (χ4v) is 9.07. The largest absolute Gasteiger partial charge is 0.455 e. The Balaban J connectivity index is 1.27. The molecule has 0 saturated carbocycles. The van der Waals surface area contributed by atoms with Crippen LogP contribution in [0.2, 0.25) is 0 Å². The van der Waals surface area contributed by atoms with Crippen molar-refractivity contribution in [2.45, 2.75) is 0 Å². The standard InChI is InChI=1S/C46H26O2S/c1-2-12-27(13-3-1)40-26-38-45-36(29-14-8-10-20-39(29)47-45)25-37(46(38)48-40)44-34-18-6-4-16-32(34)43(33-17-5-7-19-35(33)44)28-22-23-31-30-15-9-11-21-41(30)49-42(31)24-28/h1-26H. The van der Waals surface area contributed by atoms with Crippen LogP contribution < -0.4 is 0 Å². The number of para-hydroxylation sites is 1. The van der Waals surface area contributed by atoms with Gasteiger partial charge in [0.25, 0.3) is 0 Å². The van der Waals surface area contributed by atoms with Crippen molar-refractivity contribution < 1.29 is 8.83 Å². The molecular formula is C46H26O2S. The molecular weight excluding hydrogens is 617 g/mol. The number of furan rings is 2. The minimum absolute atomic E-state index is 0.826. The fourth-order valence-electron chi connectivity index (χ4n) is 7.92. The second-order valence-corrected chi connectivity index (χ2v) is 13.9. The average molecular weight is 643 g/mol. The Labute approximate surface area is 285 Å². The van der Waals surface area contributed by atoms with E-state index in [4.69, 9.17) is 8.83 Å². The van der Waals surface area contributed by atoms with Gasteiger partial charge in [0.15, 0.2) is 0 Å². The lowest BCUT2D eigenvalue weighted by atomic mass is 9.85. The van der Waals surface area contributed by atoms with Crippen LogP contribution in [0.1, 0.15) is 0 Å². The van der Waals surface area contributed by atoms with E-state index in [1.54, 1.807) is 0 Å². The molecule has 3 heterocycles. The summed E-state index contributed by atoms with van der Waals surface area (Å²) in [6.45, 7) is 0. The quantitative estimate of drug-likeness (QED) is 0.179. The summed E-state index contributed by atoms with van der Waals surface area (Å²) in [5.74, 6) is 0.826. The molecule has 0 bridgehead atoms. The van der Waals surface area contributed by atoms with Gasteiger partial charge in [-0.1, -0.05) is 127 Å². The maximum Gasteiger partial charge on any atom is 0.146 e. The van der Waals surface area contributed by atoms with Crippen LogP contribution in [0.4, 0.5) is 0 Å². The highest BCUT2D eigenvalue weighted by Crippen LogP contribution is 2.49. The van der Waals surface area contributed by atoms with Crippen LogP contribution in [0.3, 0.4) is 0 Å². The van der Waals surface area contributed by atoms with Gasteiger partial charge in [0.2, 0.25) is 0 Å². The second kappa shape index (κ2) is 10.2. The molecule has 2 nitrogen and oxygen atoms in total. The molecule has 8 aromatic carbocycles. The van der Waals surface area contributed by atoms with Crippen molar-refractivity contribution in [3.05, 3.63) is 158 Å². The van der Waals surface area contributed by atoms with E-state index >= 15 is 0 Å². The SMILES string of the molecule is c1ccc(-c2cc3c(o2)c(-c2c4ccccc4c(-c4ccc5c(c4)sc4ccccc45)c4ccccc24)cc2c4ccccc4oc32)cc1. The molecule has 49 heavy (non-hydrogen) atoms. The highest BCUT2D eigenvalue weighted by Gasteiger charge is 2.24. The van der Waals surface area contributed by atoms with Gasteiger partial charge in [-0.2, -0.15) is 0 Å². The van der Waals surface area contributed by atoms with Crippen molar-refractivity contribution >= 4 is 86.0 Å². The third kappa shape index (κ3) is 3.88. The first-order chi connectivity index (χ1) is 24.3. The van der Waals surface area contributed by atoms with Crippen molar-refractivity contribution in [3.8, 4) is 33.6 Å². The van der Waals surface area contributed by atoms with E-state index in [2.05, 4.69) is 140 Å². The Kier molecular flexibility index (Phi) is 5.57. The molecule has 0 aliphatic heterocycles. The number of benzene rings is 8. The van der Waals surface area contributed by atoms with Gasteiger partial charge >= 0.3 is 0 Å². The molecule has 0 saturated heterocycles. The maximum atomic E-state index is 6.87. The molecule has 0 amide bonds. The number of hydrogen-bond donors (Lipinski definition) is 0. The van der Waals surface area contributed by atoms with Gasteiger partial charge in [0.05, 0.1) is 5.39 Å². The smallest absolute Gasteiger partial charge is 0.146 e. The molecule has 0 fully saturated rings. The number of thiophene rings is 1. The lowest BCUT2D eigenvalue weighted by Crippen LogP contribution is -1.91. The summed E-state index contributed by atoms with van der Waals surface area (Å²) >= 11 is 1.86. The molecule has 0 atom stereocenters. The predicted octanol–water partition coefficient (Wildman–Crippen LogP) is 14.0. The number of hydrogen-bond acceptors (Lipinski definition) is 3. The van der Waals surface area contributed by atoms with E-state index in [9.17, 15) is 0 Å². The zero-order valence-electron chi connectivity index (χ0n) is 26.2. The molecule has 11 aromatic rings. The van der Waals surface area contributed by atoms with Crippen LogP contribution in [0.15, 0.2) is 167 Å². The molecule has 11 rings (SSSR count). The number of fused-ring (bicyclic) bond motifs is 10. The Bertz CT molecular complexity index is 3050. The average Bonchev–Trinajstić information content (AvgIpc) is 3.87. The molecule has 0 unspecified atom stereocenters. The van der Waals surface area contributed by atoms with Crippen molar-refractivity contribution in [1.29, 1.82) is 0 Å². The van der Waals surface area contributed by atoms with Crippen molar-refractivity contribution in [2.75, 3.05) is 0 Å². The topological polar surface area (TPSA) is 26.3 Å². The normalized spacial score (nSPS) is 12.1. The van der Waals surface area contributed by atoms with Crippen LogP contribution in [0.5, 0.6) is 0 Å². The predicted molar refractivity (Wildman–Crippen MR) is 208 cm³/mol. The Morgan fingerprint density at radius 2 is 0.959 bits per heavy atom. The van der Waals surface area contributed by atoms with E-state index in [-0.39, 0.29) is 0 Å². The first kappa shape index (κ1) is 26.9. The summed E-state index contributed by atoms with van der Waals surface area (Å²) in [5, 5.41) is 10.6. The molecule has 0 spiro atoms. The van der Waals surface area contributed by atoms with Crippen molar-refractivity contribution in [1.82, 2.24) is 0 Å². The summed E-state index contributed by atoms with van der Waals surface area (Å²) < 4.78 is 16.1. The van der Waals surface area contributed by atoms with Gasteiger partial charge in [-0.05, 0) is 63.0 Å². The third-order valence-corrected chi connectivity index (χ3v) is 11.2. The van der Waals surface area contributed by atoms with E-state index in [1.807, 2.05) is 29.5 Å². The van der Waals surface area contributed by atoms with Crippen LogP contribution in [0.25, 0.3) is 108 Å². The number of rotatable bonds is 3. The summed E-state index contributed by atoms with van der Waals surface area (Å²) in [4.78, 5) is 0. The van der Waals surface area contributed by atoms with Gasteiger partial charge in [-0.25, -0.2) is 0 Å². The summed E-state index contributed by atoms with van der Waals surface area (Å²) in [7, 11) is 0. The monoisotopic (exact) mass is 642 g/mol. The first-order valence-corrected chi connectivity index (χ1v) is 17.4. The van der Waals surface area contributed by atoms with Crippen LogP contribution in [-0.2, 0) is 0 Å². The van der Waals surface area contributed by atoms with Gasteiger partial charge < -0.3 is 8.83 Å². The Morgan fingerprint density at radius 3 is 1.71 bits per heavy atom. The van der Waals surface area contributed by atoms with Gasteiger partial charge in [-0.15, -0.1) is 11.3 Å². The zero-order valence-corrected chi connectivity index (χ0v) is 27.1. The minimum atomic E-state index is 0.826. The van der Waals surface area contributed by atoms with Crippen LogP contribution in [-0.4, -0.2) is 0 Å². The van der Waals surface area contributed by atoms with Gasteiger partial charge in [0, 0.05) is 47.6 Å². The van der Waals surface area contributed by atoms with Crippen LogP contribution >= 0.6 is 11.3 Å². The zero-order chi connectivity index (χ0) is 32.1. The molecule has 3 aromatic heterocycles. The molecule has 0 radical (unpaired) electrons. The fraction of sp³-hybridized carbons (Fsp3) is 0. The lowest BCUT2D eigenvalue weighted by molar-refractivity contribution is 0.632. The highest BCUT2D eigenvalue weighted by molar-refractivity contribution is 7.25. The van der Waals surface area contributed by atoms with Gasteiger partial charge in [0.1, 0.15) is 22.5 Å². The van der Waals surface area contributed by atoms with Gasteiger partial charge in [-0.3, -0.25) is 0 Å². The van der Waals surface area contributed by atoms with E-state index in [1.165, 1.54) is 58.4 Å². The van der Waals surface area contributed by atoms with Crippen molar-refractivity contribution in [3.63, 3.8) is 0 Å². The van der Waals surface area contributed by atoms with E-state index < -0.39 is 0 Å². The third-order valence-electron chi connectivity index (χ3n) is 10.1. The molecule has 0 aliphatic rings. The van der Waals surface area contributed by atoms with Crippen molar-refractivity contribution in [2.24, 2.45) is 0 Å². The van der Waals surface area contributed by atoms with Crippen LogP contribution in [0, 0.1) is 0 Å². The van der Waals surface area contributed by atoms with E-state index in [0.717, 1.165) is 49.8 Å². The molecule has 3 heteroatoms. The Morgan fingerprint density at radius 1 is 0.347 bits per heavy atom. The van der Waals surface area contributed by atoms with E-state index in [0.29, 0.717) is 0 Å². The first-order valence-electron chi connectivity index (χ1n) is 16.6. The summed E-state index contributed by atoms with van der Waals surface area (Å²) in [6.07, 6.45) is 0. The summed E-state index contributed by atoms with van der Waals surface area (Å²) in [5.41, 5.74) is 8.32. The molecule has 0 N–H and O–H groups in total. The molecule has 228 valence electrons.